The fourth-order valence-electron chi connectivity index (χ4n) is 3.22. The maximum Gasteiger partial charge on any atom is 0.251 e. The quantitative estimate of drug-likeness (QED) is 0.253. The first-order chi connectivity index (χ1) is 13.3. The van der Waals surface area contributed by atoms with Crippen LogP contribution >= 0.6 is 24.0 Å². The molecule has 1 aromatic carbocycles. The number of amides is 1. The van der Waals surface area contributed by atoms with Crippen molar-refractivity contribution in [1.82, 2.24) is 16.0 Å². The van der Waals surface area contributed by atoms with E-state index in [1.165, 1.54) is 0 Å². The molecule has 29 heavy (non-hydrogen) atoms. The summed E-state index contributed by atoms with van der Waals surface area (Å²) in [4.78, 5) is 16.6. The largest absolute Gasteiger partial charge is 0.396 e. The van der Waals surface area contributed by atoms with Crippen molar-refractivity contribution in [3.05, 3.63) is 35.4 Å². The zero-order chi connectivity index (χ0) is 20.6. The molecule has 1 aliphatic rings. The molecule has 0 aromatic heterocycles. The number of aliphatic hydroxyl groups excluding tert-OH is 1. The van der Waals surface area contributed by atoms with Crippen molar-refractivity contribution in [3.8, 4) is 0 Å². The van der Waals surface area contributed by atoms with E-state index in [4.69, 9.17) is 4.74 Å². The van der Waals surface area contributed by atoms with Crippen molar-refractivity contribution >= 4 is 35.8 Å². The number of aliphatic imine (C=N–C) groups is 1. The van der Waals surface area contributed by atoms with Gasteiger partial charge in [0.15, 0.2) is 5.96 Å². The van der Waals surface area contributed by atoms with Crippen LogP contribution in [-0.4, -0.2) is 55.9 Å². The topological polar surface area (TPSA) is 95.0 Å². The number of ether oxygens (including phenoxy) is 1. The SMILES string of the molecule is CN=C(NCc1cccc(C(=O)NC(C)(C)C)c1)NCC1(CCO)CCOC1.I. The average molecular weight is 518 g/mol. The second kappa shape index (κ2) is 11.7. The number of carbonyl (C=O) groups excluding carboxylic acids is 1. The normalized spacial score (nSPS) is 19.4. The molecule has 4 N–H and O–H groups in total. The highest BCUT2D eigenvalue weighted by Crippen LogP contribution is 2.31. The Hall–Kier alpha value is -1.39. The number of nitrogens with zero attached hydrogens (tertiary/aromatic N) is 1. The van der Waals surface area contributed by atoms with Crippen molar-refractivity contribution < 1.29 is 14.6 Å². The van der Waals surface area contributed by atoms with Gasteiger partial charge in [-0.05, 0) is 51.3 Å². The Morgan fingerprint density at radius 3 is 2.66 bits per heavy atom. The van der Waals surface area contributed by atoms with Gasteiger partial charge in [-0.15, -0.1) is 24.0 Å². The fraction of sp³-hybridized carbons (Fsp3) is 0.619. The summed E-state index contributed by atoms with van der Waals surface area (Å²) in [6.45, 7) is 8.68. The van der Waals surface area contributed by atoms with Gasteiger partial charge in [-0.2, -0.15) is 0 Å². The van der Waals surface area contributed by atoms with Crippen LogP contribution in [0.1, 0.15) is 49.5 Å². The number of carbonyl (C=O) groups is 1. The Labute approximate surface area is 191 Å². The Morgan fingerprint density at radius 2 is 2.07 bits per heavy atom. The van der Waals surface area contributed by atoms with Gasteiger partial charge in [0, 0.05) is 49.9 Å². The van der Waals surface area contributed by atoms with Gasteiger partial charge in [0.05, 0.1) is 6.61 Å². The Kier molecular flexibility index (Phi) is 10.4. The fourth-order valence-corrected chi connectivity index (χ4v) is 3.22. The van der Waals surface area contributed by atoms with E-state index < -0.39 is 0 Å². The molecular weight excluding hydrogens is 483 g/mol. The molecule has 1 amide bonds. The van der Waals surface area contributed by atoms with Crippen LogP contribution in [0.15, 0.2) is 29.3 Å². The molecule has 0 saturated carbocycles. The molecule has 164 valence electrons. The van der Waals surface area contributed by atoms with Gasteiger partial charge in [-0.3, -0.25) is 9.79 Å². The highest BCUT2D eigenvalue weighted by Gasteiger charge is 2.34. The van der Waals surface area contributed by atoms with Crippen LogP contribution in [0.5, 0.6) is 0 Å². The smallest absolute Gasteiger partial charge is 0.251 e. The lowest BCUT2D eigenvalue weighted by molar-refractivity contribution is 0.0919. The third-order valence-corrected chi connectivity index (χ3v) is 4.82. The molecular formula is C21H35IN4O3. The summed E-state index contributed by atoms with van der Waals surface area (Å²) in [6, 6.07) is 7.57. The maximum atomic E-state index is 12.4. The van der Waals surface area contributed by atoms with Crippen LogP contribution in [0.2, 0.25) is 0 Å². The number of guanidine groups is 1. The summed E-state index contributed by atoms with van der Waals surface area (Å²) >= 11 is 0. The molecule has 0 spiro atoms. The van der Waals surface area contributed by atoms with E-state index in [0.29, 0.717) is 37.6 Å². The molecule has 1 aliphatic heterocycles. The number of aliphatic hydroxyl groups is 1. The van der Waals surface area contributed by atoms with E-state index >= 15 is 0 Å². The Morgan fingerprint density at radius 1 is 1.31 bits per heavy atom. The van der Waals surface area contributed by atoms with Gasteiger partial charge < -0.3 is 25.8 Å². The van der Waals surface area contributed by atoms with Crippen molar-refractivity contribution in [3.63, 3.8) is 0 Å². The van der Waals surface area contributed by atoms with Crippen molar-refractivity contribution in [2.45, 2.75) is 45.7 Å². The number of hydrogen-bond acceptors (Lipinski definition) is 4. The minimum atomic E-state index is -0.272. The lowest BCUT2D eigenvalue weighted by Gasteiger charge is -2.27. The molecule has 0 radical (unpaired) electrons. The van der Waals surface area contributed by atoms with Gasteiger partial charge in [-0.25, -0.2) is 0 Å². The van der Waals surface area contributed by atoms with Crippen LogP contribution < -0.4 is 16.0 Å². The van der Waals surface area contributed by atoms with Crippen LogP contribution in [0, 0.1) is 5.41 Å². The van der Waals surface area contributed by atoms with Gasteiger partial charge in [0.2, 0.25) is 0 Å². The van der Waals surface area contributed by atoms with Gasteiger partial charge in [0.25, 0.3) is 5.91 Å². The standard InChI is InChI=1S/C21H34N4O3.HI/c1-20(2,3)25-18(27)17-7-5-6-16(12-17)13-23-19(22-4)24-14-21(8-10-26)9-11-28-15-21;/h5-7,12,26H,8-11,13-15H2,1-4H3,(H,25,27)(H2,22,23,24);1H. The van der Waals surface area contributed by atoms with E-state index in [1.54, 1.807) is 7.05 Å². The van der Waals surface area contributed by atoms with Gasteiger partial charge in [-0.1, -0.05) is 12.1 Å². The van der Waals surface area contributed by atoms with Crippen LogP contribution in [0.3, 0.4) is 0 Å². The highest BCUT2D eigenvalue weighted by molar-refractivity contribution is 14.0. The zero-order valence-electron chi connectivity index (χ0n) is 17.9. The molecule has 7 nitrogen and oxygen atoms in total. The summed E-state index contributed by atoms with van der Waals surface area (Å²) < 4.78 is 5.53. The summed E-state index contributed by atoms with van der Waals surface area (Å²) in [6.07, 6.45) is 1.64. The van der Waals surface area contributed by atoms with Crippen LogP contribution in [0.4, 0.5) is 0 Å². The van der Waals surface area contributed by atoms with Crippen molar-refractivity contribution in [1.29, 1.82) is 0 Å². The molecule has 1 heterocycles. The molecule has 1 atom stereocenters. The molecule has 1 unspecified atom stereocenters. The highest BCUT2D eigenvalue weighted by atomic mass is 127. The first-order valence-electron chi connectivity index (χ1n) is 9.81. The molecule has 0 aliphatic carbocycles. The number of benzene rings is 1. The number of halogens is 1. The first-order valence-corrected chi connectivity index (χ1v) is 9.81. The maximum absolute atomic E-state index is 12.4. The van der Waals surface area contributed by atoms with Crippen molar-refractivity contribution in [2.24, 2.45) is 10.4 Å². The third-order valence-electron chi connectivity index (χ3n) is 4.82. The minimum Gasteiger partial charge on any atom is -0.396 e. The van der Waals surface area contributed by atoms with Crippen LogP contribution in [-0.2, 0) is 11.3 Å². The van der Waals surface area contributed by atoms with E-state index in [9.17, 15) is 9.90 Å². The third kappa shape index (κ3) is 8.47. The monoisotopic (exact) mass is 518 g/mol. The number of hydrogen-bond donors (Lipinski definition) is 4. The second-order valence-corrected chi connectivity index (χ2v) is 8.46. The predicted octanol–water partition coefficient (Wildman–Crippen LogP) is 2.29. The number of nitrogens with one attached hydrogen (secondary N) is 3. The summed E-state index contributed by atoms with van der Waals surface area (Å²) in [5.41, 5.74) is 1.32. The summed E-state index contributed by atoms with van der Waals surface area (Å²) in [7, 11) is 1.73. The Bertz CT molecular complexity index is 683. The molecule has 1 saturated heterocycles. The molecule has 0 bridgehead atoms. The minimum absolute atomic E-state index is 0. The van der Waals surface area contributed by atoms with Crippen LogP contribution in [0.25, 0.3) is 0 Å². The predicted molar refractivity (Wildman–Crippen MR) is 127 cm³/mol. The number of rotatable bonds is 7. The Balaban J connectivity index is 0.00000420. The zero-order valence-corrected chi connectivity index (χ0v) is 20.2. The molecule has 1 aromatic rings. The average Bonchev–Trinajstić information content (AvgIpc) is 3.10. The van der Waals surface area contributed by atoms with Gasteiger partial charge in [0.1, 0.15) is 0 Å². The lowest BCUT2D eigenvalue weighted by Crippen LogP contribution is -2.44. The van der Waals surface area contributed by atoms with E-state index in [1.807, 2.05) is 45.0 Å². The molecule has 1 fully saturated rings. The van der Waals surface area contributed by atoms with E-state index in [-0.39, 0.29) is 47.4 Å². The second-order valence-electron chi connectivity index (χ2n) is 8.46. The lowest BCUT2D eigenvalue weighted by atomic mass is 9.84. The van der Waals surface area contributed by atoms with Gasteiger partial charge >= 0.3 is 0 Å². The van der Waals surface area contributed by atoms with E-state index in [2.05, 4.69) is 20.9 Å². The van der Waals surface area contributed by atoms with E-state index in [0.717, 1.165) is 18.6 Å². The first kappa shape index (κ1) is 25.6. The summed E-state index contributed by atoms with van der Waals surface area (Å²) in [5, 5.41) is 19.0. The van der Waals surface area contributed by atoms with Crippen molar-refractivity contribution in [2.75, 3.05) is 33.4 Å². The summed E-state index contributed by atoms with van der Waals surface area (Å²) in [5.74, 6) is 0.609. The molecule has 2 rings (SSSR count). The molecule has 8 heteroatoms.